The summed E-state index contributed by atoms with van der Waals surface area (Å²) < 4.78 is 0. The van der Waals surface area contributed by atoms with E-state index in [0.29, 0.717) is 5.69 Å². The number of aromatic amines is 1. The van der Waals surface area contributed by atoms with Crippen molar-refractivity contribution in [2.24, 2.45) is 0 Å². The van der Waals surface area contributed by atoms with E-state index in [1.54, 1.807) is 0 Å². The van der Waals surface area contributed by atoms with Crippen LogP contribution in [0.2, 0.25) is 0 Å². The van der Waals surface area contributed by atoms with Gasteiger partial charge in [0.1, 0.15) is 6.10 Å². The number of hydrogen-bond acceptors (Lipinski definition) is 2. The fourth-order valence-corrected chi connectivity index (χ4v) is 1.47. The molecule has 3 nitrogen and oxygen atoms in total. The first kappa shape index (κ1) is 8.53. The molecule has 0 aliphatic rings. The minimum atomic E-state index is -0.672. The van der Waals surface area contributed by atoms with E-state index in [0.717, 1.165) is 10.9 Å². The SMILES string of the molecule is OC(CCl)c1[nH]nc2ccccc12. The monoisotopic (exact) mass is 196 g/mol. The Kier molecular flexibility index (Phi) is 2.20. The van der Waals surface area contributed by atoms with Crippen LogP contribution >= 0.6 is 11.6 Å². The van der Waals surface area contributed by atoms with Crippen molar-refractivity contribution < 1.29 is 5.11 Å². The standard InChI is InChI=1S/C9H9ClN2O/c10-5-8(13)9-6-3-1-2-4-7(6)11-12-9/h1-4,8,13H,5H2,(H,11,12). The smallest absolute Gasteiger partial charge is 0.109 e. The highest BCUT2D eigenvalue weighted by Gasteiger charge is 2.11. The van der Waals surface area contributed by atoms with E-state index in [2.05, 4.69) is 10.2 Å². The summed E-state index contributed by atoms with van der Waals surface area (Å²) in [7, 11) is 0. The van der Waals surface area contributed by atoms with E-state index in [-0.39, 0.29) is 5.88 Å². The maximum absolute atomic E-state index is 9.51. The van der Waals surface area contributed by atoms with Crippen molar-refractivity contribution in [1.29, 1.82) is 0 Å². The highest BCUT2D eigenvalue weighted by atomic mass is 35.5. The molecule has 0 aliphatic heterocycles. The zero-order valence-corrected chi connectivity index (χ0v) is 7.62. The van der Waals surface area contributed by atoms with Crippen LogP contribution in [0.25, 0.3) is 10.9 Å². The molecule has 0 aliphatic carbocycles. The van der Waals surface area contributed by atoms with Crippen LogP contribution in [0.4, 0.5) is 0 Å². The van der Waals surface area contributed by atoms with Crippen LogP contribution in [0.15, 0.2) is 24.3 Å². The number of aromatic nitrogens is 2. The van der Waals surface area contributed by atoms with Crippen molar-refractivity contribution in [2.45, 2.75) is 6.10 Å². The number of nitrogens with zero attached hydrogens (tertiary/aromatic N) is 1. The van der Waals surface area contributed by atoms with E-state index in [1.807, 2.05) is 24.3 Å². The molecule has 0 bridgehead atoms. The number of alkyl halides is 1. The van der Waals surface area contributed by atoms with E-state index < -0.39 is 6.10 Å². The molecule has 2 N–H and O–H groups in total. The Morgan fingerprint density at radius 1 is 1.46 bits per heavy atom. The zero-order valence-electron chi connectivity index (χ0n) is 6.87. The van der Waals surface area contributed by atoms with Crippen molar-refractivity contribution in [3.63, 3.8) is 0 Å². The van der Waals surface area contributed by atoms with Crippen LogP contribution in [0, 0.1) is 0 Å². The Hall–Kier alpha value is -1.06. The molecule has 68 valence electrons. The Balaban J connectivity index is 2.57. The lowest BCUT2D eigenvalue weighted by atomic mass is 10.1. The number of aliphatic hydroxyl groups is 1. The van der Waals surface area contributed by atoms with Crippen LogP contribution in [-0.4, -0.2) is 21.2 Å². The molecule has 0 fully saturated rings. The number of hydrogen-bond donors (Lipinski definition) is 2. The third-order valence-electron chi connectivity index (χ3n) is 1.97. The summed E-state index contributed by atoms with van der Waals surface area (Å²) in [5.41, 5.74) is 1.53. The van der Waals surface area contributed by atoms with Gasteiger partial charge in [-0.1, -0.05) is 18.2 Å². The lowest BCUT2D eigenvalue weighted by molar-refractivity contribution is 0.199. The quantitative estimate of drug-likeness (QED) is 0.720. The van der Waals surface area contributed by atoms with Gasteiger partial charge in [-0.2, -0.15) is 5.10 Å². The second kappa shape index (κ2) is 3.36. The van der Waals surface area contributed by atoms with Crippen LogP contribution in [0.1, 0.15) is 11.8 Å². The summed E-state index contributed by atoms with van der Waals surface area (Å²) in [4.78, 5) is 0. The molecule has 13 heavy (non-hydrogen) atoms. The van der Waals surface area contributed by atoms with Gasteiger partial charge in [-0.3, -0.25) is 5.10 Å². The minimum Gasteiger partial charge on any atom is -0.386 e. The first-order chi connectivity index (χ1) is 6.33. The number of fused-ring (bicyclic) bond motifs is 1. The van der Waals surface area contributed by atoms with Crippen LogP contribution in [0.5, 0.6) is 0 Å². The fraction of sp³-hybridized carbons (Fsp3) is 0.222. The highest BCUT2D eigenvalue weighted by Crippen LogP contribution is 2.21. The molecule has 1 atom stereocenters. The maximum atomic E-state index is 9.51. The molecular formula is C9H9ClN2O. The van der Waals surface area contributed by atoms with Crippen molar-refractivity contribution >= 4 is 22.5 Å². The molecule has 1 unspecified atom stereocenters. The number of nitrogens with one attached hydrogen (secondary N) is 1. The van der Waals surface area contributed by atoms with Gasteiger partial charge in [0.2, 0.25) is 0 Å². The molecule has 1 heterocycles. The Morgan fingerprint density at radius 2 is 2.23 bits per heavy atom. The number of rotatable bonds is 2. The third-order valence-corrected chi connectivity index (χ3v) is 2.26. The molecular weight excluding hydrogens is 188 g/mol. The van der Waals surface area contributed by atoms with Crippen molar-refractivity contribution in [3.05, 3.63) is 30.0 Å². The van der Waals surface area contributed by atoms with Gasteiger partial charge < -0.3 is 5.11 Å². The van der Waals surface area contributed by atoms with Gasteiger partial charge in [-0.25, -0.2) is 0 Å². The molecule has 0 amide bonds. The Labute approximate surface area is 80.3 Å². The minimum absolute atomic E-state index is 0.173. The van der Waals surface area contributed by atoms with Gasteiger partial charge in [0.05, 0.1) is 17.1 Å². The van der Waals surface area contributed by atoms with Crippen molar-refractivity contribution in [1.82, 2.24) is 10.2 Å². The summed E-state index contributed by atoms with van der Waals surface area (Å²) >= 11 is 5.55. The number of halogens is 1. The largest absolute Gasteiger partial charge is 0.386 e. The van der Waals surface area contributed by atoms with Gasteiger partial charge in [0.15, 0.2) is 0 Å². The van der Waals surface area contributed by atoms with E-state index in [4.69, 9.17) is 11.6 Å². The molecule has 1 aromatic carbocycles. The number of H-pyrrole nitrogens is 1. The molecule has 0 saturated heterocycles. The highest BCUT2D eigenvalue weighted by molar-refractivity contribution is 6.18. The van der Waals surface area contributed by atoms with E-state index >= 15 is 0 Å². The number of benzene rings is 1. The normalized spacial score (nSPS) is 13.4. The predicted octanol–water partition coefficient (Wildman–Crippen LogP) is 1.84. The number of para-hydroxylation sites is 1. The Bertz CT molecular complexity index is 413. The molecule has 4 heteroatoms. The van der Waals surface area contributed by atoms with Crippen molar-refractivity contribution in [2.75, 3.05) is 5.88 Å². The van der Waals surface area contributed by atoms with Crippen LogP contribution < -0.4 is 0 Å². The molecule has 2 rings (SSSR count). The van der Waals surface area contributed by atoms with Gasteiger partial charge >= 0.3 is 0 Å². The van der Waals surface area contributed by atoms with Gasteiger partial charge in [-0.15, -0.1) is 11.6 Å². The van der Waals surface area contributed by atoms with Crippen LogP contribution in [0.3, 0.4) is 0 Å². The van der Waals surface area contributed by atoms with Crippen LogP contribution in [-0.2, 0) is 0 Å². The van der Waals surface area contributed by atoms with Crippen molar-refractivity contribution in [3.8, 4) is 0 Å². The molecule has 2 aromatic rings. The summed E-state index contributed by atoms with van der Waals surface area (Å²) in [5, 5.41) is 17.3. The number of aliphatic hydroxyl groups excluding tert-OH is 1. The summed E-state index contributed by atoms with van der Waals surface area (Å²) in [6.45, 7) is 0. The van der Waals surface area contributed by atoms with E-state index in [1.165, 1.54) is 0 Å². The summed E-state index contributed by atoms with van der Waals surface area (Å²) in [6, 6.07) is 7.60. The molecule has 1 aromatic heterocycles. The summed E-state index contributed by atoms with van der Waals surface area (Å²) in [6.07, 6.45) is -0.672. The lowest BCUT2D eigenvalue weighted by Gasteiger charge is -2.02. The zero-order chi connectivity index (χ0) is 9.26. The lowest BCUT2D eigenvalue weighted by Crippen LogP contribution is -1.99. The predicted molar refractivity (Wildman–Crippen MR) is 51.8 cm³/mol. The maximum Gasteiger partial charge on any atom is 0.109 e. The van der Waals surface area contributed by atoms with E-state index in [9.17, 15) is 5.11 Å². The topological polar surface area (TPSA) is 48.9 Å². The average Bonchev–Trinajstić information content (AvgIpc) is 2.60. The first-order valence-corrected chi connectivity index (χ1v) is 4.53. The van der Waals surface area contributed by atoms with Gasteiger partial charge in [0.25, 0.3) is 0 Å². The molecule has 0 saturated carbocycles. The van der Waals surface area contributed by atoms with Gasteiger partial charge in [0, 0.05) is 5.39 Å². The second-order valence-corrected chi connectivity index (χ2v) is 3.13. The molecule has 0 radical (unpaired) electrons. The molecule has 0 spiro atoms. The van der Waals surface area contributed by atoms with Gasteiger partial charge in [-0.05, 0) is 6.07 Å². The first-order valence-electron chi connectivity index (χ1n) is 4.00. The fourth-order valence-electron chi connectivity index (χ4n) is 1.31. The second-order valence-electron chi connectivity index (χ2n) is 2.82. The summed E-state index contributed by atoms with van der Waals surface area (Å²) in [5.74, 6) is 0.173. The Morgan fingerprint density at radius 3 is 3.00 bits per heavy atom. The average molecular weight is 197 g/mol. The third kappa shape index (κ3) is 1.41.